The van der Waals surface area contributed by atoms with Gasteiger partial charge in [-0.1, -0.05) is 27.2 Å². The van der Waals surface area contributed by atoms with Gasteiger partial charge in [-0.15, -0.1) is 11.8 Å². The summed E-state index contributed by atoms with van der Waals surface area (Å²) in [5, 5.41) is 15.9. The number of carbonyl (C=O) groups is 3. The highest BCUT2D eigenvalue weighted by atomic mass is 32.2. The molecule has 2 bridgehead atoms. The Morgan fingerprint density at radius 3 is 2.55 bits per heavy atom. The first-order valence-corrected chi connectivity index (χ1v) is 11.9. The number of carbonyl (C=O) groups excluding carboxylic acids is 3. The largest absolute Gasteiger partial charge is 0.394 e. The van der Waals surface area contributed by atoms with E-state index in [0.717, 1.165) is 25.7 Å². The molecule has 0 aromatic rings. The van der Waals surface area contributed by atoms with Crippen LogP contribution in [-0.2, 0) is 14.4 Å². The second-order valence-electron chi connectivity index (χ2n) is 8.77. The van der Waals surface area contributed by atoms with Crippen molar-refractivity contribution in [2.45, 2.75) is 75.5 Å². The number of aliphatic hydroxyl groups excluding tert-OH is 1. The summed E-state index contributed by atoms with van der Waals surface area (Å²) < 4.78 is -0.601. The molecule has 0 aliphatic carbocycles. The van der Waals surface area contributed by atoms with Gasteiger partial charge in [0.15, 0.2) is 0 Å². The van der Waals surface area contributed by atoms with Crippen LogP contribution in [0.2, 0.25) is 0 Å². The summed E-state index contributed by atoms with van der Waals surface area (Å²) in [7, 11) is 0. The highest BCUT2D eigenvalue weighted by molar-refractivity contribution is 8.02. The average molecular weight is 426 g/mol. The molecule has 3 N–H and O–H groups in total. The number of nitrogens with one attached hydrogen (secondary N) is 2. The van der Waals surface area contributed by atoms with Gasteiger partial charge in [0, 0.05) is 18.3 Å². The van der Waals surface area contributed by atoms with E-state index in [9.17, 15) is 19.5 Å². The molecule has 8 heteroatoms. The van der Waals surface area contributed by atoms with E-state index in [-0.39, 0.29) is 35.5 Å². The first kappa shape index (κ1) is 22.4. The third-order valence-electron chi connectivity index (χ3n) is 6.85. The van der Waals surface area contributed by atoms with Gasteiger partial charge in [-0.05, 0) is 32.1 Å². The number of hydrogen-bond acceptors (Lipinski definition) is 5. The molecule has 0 radical (unpaired) electrons. The number of unbranched alkanes of at least 4 members (excludes halogenated alkanes) is 1. The van der Waals surface area contributed by atoms with Crippen molar-refractivity contribution in [1.29, 1.82) is 0 Å². The summed E-state index contributed by atoms with van der Waals surface area (Å²) in [5.41, 5.74) is 0. The molecule has 0 aromatic heterocycles. The van der Waals surface area contributed by atoms with Crippen LogP contribution in [-0.4, -0.2) is 69.5 Å². The molecule has 7 atom stereocenters. The average Bonchev–Trinajstić information content (AvgIpc) is 3.29. The van der Waals surface area contributed by atoms with Crippen LogP contribution < -0.4 is 10.6 Å². The van der Waals surface area contributed by atoms with Crippen LogP contribution >= 0.6 is 11.8 Å². The summed E-state index contributed by atoms with van der Waals surface area (Å²) in [4.78, 5) is 41.5. The predicted octanol–water partition coefficient (Wildman–Crippen LogP) is 1.15. The van der Waals surface area contributed by atoms with Crippen molar-refractivity contribution < 1.29 is 19.5 Å². The Balaban J connectivity index is 1.98. The Kier molecular flexibility index (Phi) is 6.83. The standard InChI is InChI=1S/C21H35N3O4S/c1-5-7-9-23-19(27)17-21-12(3)10-14(29-21)15(18(26)22-8-6-2)16(21)20(28)24(17)13(4)11-25/h12-17,25H,5-11H2,1-4H3,(H,22,26)(H,23,27)/t12?,13-,14-,15+,16+,17?,21?/m1/s1. The number of thioether (sulfide) groups is 1. The molecule has 164 valence electrons. The van der Waals surface area contributed by atoms with E-state index in [4.69, 9.17) is 0 Å². The summed E-state index contributed by atoms with van der Waals surface area (Å²) >= 11 is 1.67. The van der Waals surface area contributed by atoms with Gasteiger partial charge in [0.05, 0.1) is 29.2 Å². The second-order valence-corrected chi connectivity index (χ2v) is 10.3. The lowest BCUT2D eigenvalue weighted by Crippen LogP contribution is -2.58. The fraction of sp³-hybridized carbons (Fsp3) is 0.857. The Morgan fingerprint density at radius 2 is 1.93 bits per heavy atom. The number of rotatable bonds is 9. The van der Waals surface area contributed by atoms with Crippen LogP contribution in [0, 0.1) is 17.8 Å². The Hall–Kier alpha value is -1.28. The van der Waals surface area contributed by atoms with Gasteiger partial charge in [0.2, 0.25) is 17.7 Å². The van der Waals surface area contributed by atoms with E-state index in [1.54, 1.807) is 23.6 Å². The van der Waals surface area contributed by atoms with Gasteiger partial charge in [-0.2, -0.15) is 0 Å². The van der Waals surface area contributed by atoms with Crippen LogP contribution in [0.25, 0.3) is 0 Å². The zero-order valence-corrected chi connectivity index (χ0v) is 18.8. The first-order valence-electron chi connectivity index (χ1n) is 11.0. The maximum atomic E-state index is 13.6. The molecule has 3 heterocycles. The summed E-state index contributed by atoms with van der Waals surface area (Å²) in [6.45, 7) is 8.90. The highest BCUT2D eigenvalue weighted by Gasteiger charge is 2.76. The van der Waals surface area contributed by atoms with Gasteiger partial charge in [-0.25, -0.2) is 0 Å². The van der Waals surface area contributed by atoms with Crippen molar-refractivity contribution in [3.63, 3.8) is 0 Å². The lowest BCUT2D eigenvalue weighted by molar-refractivity contribution is -0.142. The molecule has 3 unspecified atom stereocenters. The predicted molar refractivity (Wildman–Crippen MR) is 113 cm³/mol. The molecule has 1 spiro atoms. The molecule has 3 rings (SSSR count). The van der Waals surface area contributed by atoms with Crippen LogP contribution in [0.1, 0.15) is 53.4 Å². The zero-order valence-electron chi connectivity index (χ0n) is 17.9. The SMILES string of the molecule is CCCCNC(=O)C1N([C@H](C)CO)C(=O)[C@@H]2[C@@H](C(=O)NCCC)[C@H]3CC(C)C12S3. The number of hydrogen-bond donors (Lipinski definition) is 3. The van der Waals surface area contributed by atoms with Crippen molar-refractivity contribution in [2.75, 3.05) is 19.7 Å². The fourth-order valence-corrected chi connectivity index (χ4v) is 7.88. The molecule has 3 aliphatic rings. The monoisotopic (exact) mass is 425 g/mol. The van der Waals surface area contributed by atoms with E-state index in [1.807, 2.05) is 6.92 Å². The van der Waals surface area contributed by atoms with Gasteiger partial charge in [0.1, 0.15) is 6.04 Å². The summed E-state index contributed by atoms with van der Waals surface area (Å²) in [5.74, 6) is -1.13. The van der Waals surface area contributed by atoms with Crippen LogP contribution in [0.15, 0.2) is 0 Å². The van der Waals surface area contributed by atoms with E-state index >= 15 is 0 Å². The zero-order chi connectivity index (χ0) is 21.3. The number of nitrogens with zero attached hydrogens (tertiary/aromatic N) is 1. The number of aliphatic hydroxyl groups is 1. The van der Waals surface area contributed by atoms with Gasteiger partial charge >= 0.3 is 0 Å². The smallest absolute Gasteiger partial charge is 0.244 e. The highest BCUT2D eigenvalue weighted by Crippen LogP contribution is 2.68. The first-order chi connectivity index (χ1) is 13.8. The van der Waals surface area contributed by atoms with Crippen molar-refractivity contribution >= 4 is 29.5 Å². The van der Waals surface area contributed by atoms with Gasteiger partial charge in [-0.3, -0.25) is 14.4 Å². The third kappa shape index (κ3) is 3.46. The van der Waals surface area contributed by atoms with E-state index in [0.29, 0.717) is 13.1 Å². The van der Waals surface area contributed by atoms with Crippen molar-refractivity contribution in [2.24, 2.45) is 17.8 Å². The number of fused-ring (bicyclic) bond motifs is 1. The minimum Gasteiger partial charge on any atom is -0.394 e. The molecule has 3 saturated heterocycles. The van der Waals surface area contributed by atoms with E-state index in [2.05, 4.69) is 24.5 Å². The van der Waals surface area contributed by atoms with Gasteiger partial charge in [0.25, 0.3) is 0 Å². The molecule has 0 aromatic carbocycles. The Bertz CT molecular complexity index is 660. The molecular weight excluding hydrogens is 390 g/mol. The molecule has 7 nitrogen and oxygen atoms in total. The number of likely N-dealkylation sites (tertiary alicyclic amines) is 1. The van der Waals surface area contributed by atoms with Crippen LogP contribution in [0.3, 0.4) is 0 Å². The summed E-state index contributed by atoms with van der Waals surface area (Å²) in [6, 6.07) is -1.11. The molecule has 0 saturated carbocycles. The van der Waals surface area contributed by atoms with E-state index in [1.165, 1.54) is 0 Å². The molecular formula is C21H35N3O4S. The van der Waals surface area contributed by atoms with Gasteiger partial charge < -0.3 is 20.6 Å². The van der Waals surface area contributed by atoms with Crippen molar-refractivity contribution in [1.82, 2.24) is 15.5 Å². The maximum Gasteiger partial charge on any atom is 0.244 e. The number of amides is 3. The lowest BCUT2D eigenvalue weighted by Gasteiger charge is -2.39. The second kappa shape index (κ2) is 8.84. The Morgan fingerprint density at radius 1 is 1.24 bits per heavy atom. The summed E-state index contributed by atoms with van der Waals surface area (Å²) in [6.07, 6.45) is 3.53. The molecule has 29 heavy (non-hydrogen) atoms. The van der Waals surface area contributed by atoms with Crippen LogP contribution in [0.4, 0.5) is 0 Å². The van der Waals surface area contributed by atoms with Crippen LogP contribution in [0.5, 0.6) is 0 Å². The van der Waals surface area contributed by atoms with Crippen molar-refractivity contribution in [3.8, 4) is 0 Å². The minimum absolute atomic E-state index is 0.0633. The maximum absolute atomic E-state index is 13.6. The molecule has 3 fully saturated rings. The molecule has 3 amide bonds. The normalized spacial score (nSPS) is 36.2. The van der Waals surface area contributed by atoms with Crippen molar-refractivity contribution in [3.05, 3.63) is 0 Å². The minimum atomic E-state index is -0.645. The topological polar surface area (TPSA) is 98.7 Å². The third-order valence-corrected chi connectivity index (χ3v) is 8.93. The fourth-order valence-electron chi connectivity index (χ4n) is 5.47. The lowest BCUT2D eigenvalue weighted by atomic mass is 9.66. The Labute approximate surface area is 177 Å². The van der Waals surface area contributed by atoms with E-state index < -0.39 is 28.7 Å². The quantitative estimate of drug-likeness (QED) is 0.481. The molecule has 3 aliphatic heterocycles.